The van der Waals surface area contributed by atoms with E-state index in [0.717, 1.165) is 36.8 Å². The Bertz CT molecular complexity index is 766. The average Bonchev–Trinajstić information content (AvgIpc) is 3.16. The predicted molar refractivity (Wildman–Crippen MR) is 101 cm³/mol. The van der Waals surface area contributed by atoms with Crippen molar-refractivity contribution in [3.63, 3.8) is 0 Å². The molecule has 1 aromatic carbocycles. The molecular weight excluding hydrogens is 326 g/mol. The third-order valence-corrected chi connectivity index (χ3v) is 4.70. The molecule has 26 heavy (non-hydrogen) atoms. The highest BCUT2D eigenvalue weighted by molar-refractivity contribution is 5.94. The van der Waals surface area contributed by atoms with Crippen molar-refractivity contribution >= 4 is 17.9 Å². The average molecular weight is 349 g/mol. The number of carbonyl (C=O) groups excluding carboxylic acids is 2. The summed E-state index contributed by atoms with van der Waals surface area (Å²) in [5, 5.41) is 5.79. The first-order valence-electron chi connectivity index (χ1n) is 8.90. The highest BCUT2D eigenvalue weighted by Gasteiger charge is 2.36. The van der Waals surface area contributed by atoms with Crippen LogP contribution in [0.15, 0.2) is 60.9 Å². The fourth-order valence-electron chi connectivity index (χ4n) is 3.41. The van der Waals surface area contributed by atoms with Gasteiger partial charge in [0.25, 0.3) is 0 Å². The van der Waals surface area contributed by atoms with Crippen molar-refractivity contribution < 1.29 is 9.59 Å². The van der Waals surface area contributed by atoms with Crippen LogP contribution in [0.4, 0.5) is 0 Å². The molecular formula is C21H23N3O2. The van der Waals surface area contributed by atoms with E-state index in [1.165, 1.54) is 6.08 Å². The second kappa shape index (κ2) is 8.43. The normalized spacial score (nSPS) is 15.7. The summed E-state index contributed by atoms with van der Waals surface area (Å²) >= 11 is 0. The van der Waals surface area contributed by atoms with Gasteiger partial charge in [-0.2, -0.15) is 0 Å². The van der Waals surface area contributed by atoms with E-state index in [1.807, 2.05) is 24.3 Å². The van der Waals surface area contributed by atoms with Crippen LogP contribution in [0.25, 0.3) is 6.08 Å². The zero-order chi connectivity index (χ0) is 18.2. The molecule has 5 nitrogen and oxygen atoms in total. The van der Waals surface area contributed by atoms with Crippen molar-refractivity contribution in [2.45, 2.75) is 31.2 Å². The number of nitrogens with one attached hydrogen (secondary N) is 2. The van der Waals surface area contributed by atoms with Crippen molar-refractivity contribution in [3.05, 3.63) is 72.1 Å². The Morgan fingerprint density at radius 2 is 1.85 bits per heavy atom. The summed E-state index contributed by atoms with van der Waals surface area (Å²) in [6.45, 7) is -0.0369. The summed E-state index contributed by atoms with van der Waals surface area (Å²) in [5.41, 5.74) is 1.66. The summed E-state index contributed by atoms with van der Waals surface area (Å²) in [5.74, 6) is -0.469. The van der Waals surface area contributed by atoms with Crippen molar-refractivity contribution in [2.24, 2.45) is 0 Å². The minimum absolute atomic E-state index is 0.0369. The third-order valence-electron chi connectivity index (χ3n) is 4.70. The number of hydrogen-bond donors (Lipinski definition) is 2. The molecule has 2 aromatic rings. The molecule has 1 aromatic heterocycles. The predicted octanol–water partition coefficient (Wildman–Crippen LogP) is 2.80. The number of pyridine rings is 1. The van der Waals surface area contributed by atoms with Gasteiger partial charge in [-0.1, -0.05) is 49.2 Å². The zero-order valence-electron chi connectivity index (χ0n) is 14.7. The monoisotopic (exact) mass is 349 g/mol. The summed E-state index contributed by atoms with van der Waals surface area (Å²) in [6, 6.07) is 13.7. The van der Waals surface area contributed by atoms with E-state index < -0.39 is 0 Å². The maximum Gasteiger partial charge on any atom is 0.244 e. The molecule has 2 N–H and O–H groups in total. The number of carbonyl (C=O) groups is 2. The van der Waals surface area contributed by atoms with Gasteiger partial charge in [0, 0.05) is 18.5 Å². The molecule has 1 saturated carbocycles. The van der Waals surface area contributed by atoms with E-state index in [1.54, 1.807) is 24.5 Å². The number of benzene rings is 1. The summed E-state index contributed by atoms with van der Waals surface area (Å²) in [6.07, 6.45) is 10.5. The van der Waals surface area contributed by atoms with Gasteiger partial charge in [0.15, 0.2) is 0 Å². The minimum atomic E-state index is -0.311. The second-order valence-electron chi connectivity index (χ2n) is 6.54. The molecule has 3 rings (SSSR count). The van der Waals surface area contributed by atoms with E-state index in [-0.39, 0.29) is 23.9 Å². The fraction of sp³-hybridized carbons (Fsp3) is 0.286. The Labute approximate surface area is 153 Å². The Morgan fingerprint density at radius 1 is 1.08 bits per heavy atom. The van der Waals surface area contributed by atoms with Crippen molar-refractivity contribution in [2.75, 3.05) is 6.54 Å². The molecule has 0 aliphatic heterocycles. The highest BCUT2D eigenvalue weighted by Crippen LogP contribution is 2.38. The molecule has 1 heterocycles. The van der Waals surface area contributed by atoms with Gasteiger partial charge in [-0.25, -0.2) is 0 Å². The molecule has 5 heteroatoms. The number of amides is 2. The molecule has 134 valence electrons. The first-order chi connectivity index (χ1) is 12.7. The van der Waals surface area contributed by atoms with Gasteiger partial charge in [0.1, 0.15) is 0 Å². The largest absolute Gasteiger partial charge is 0.345 e. The van der Waals surface area contributed by atoms with Crippen LogP contribution in [-0.4, -0.2) is 23.3 Å². The second-order valence-corrected chi connectivity index (χ2v) is 6.54. The van der Waals surface area contributed by atoms with E-state index in [2.05, 4.69) is 27.8 Å². The van der Waals surface area contributed by atoms with E-state index in [9.17, 15) is 9.59 Å². The number of aromatic nitrogens is 1. The van der Waals surface area contributed by atoms with Crippen LogP contribution < -0.4 is 10.6 Å². The lowest BCUT2D eigenvalue weighted by atomic mass is 9.88. The van der Waals surface area contributed by atoms with Gasteiger partial charge >= 0.3 is 0 Å². The molecule has 0 radical (unpaired) electrons. The van der Waals surface area contributed by atoms with Crippen LogP contribution in [0.1, 0.15) is 36.8 Å². The Kier molecular flexibility index (Phi) is 5.79. The lowest BCUT2D eigenvalue weighted by Gasteiger charge is -2.31. The first-order valence-corrected chi connectivity index (χ1v) is 8.90. The molecule has 2 amide bonds. The quantitative estimate of drug-likeness (QED) is 0.788. The SMILES string of the molecule is O=C(/C=C/c1cccnc1)NCC(=O)NC1(c2ccccc2)CCCC1. The molecule has 0 saturated heterocycles. The van der Waals surface area contributed by atoms with Gasteiger partial charge in [-0.05, 0) is 36.1 Å². The highest BCUT2D eigenvalue weighted by atomic mass is 16.2. The van der Waals surface area contributed by atoms with E-state index in [4.69, 9.17) is 0 Å². The Hall–Kier alpha value is -2.95. The summed E-state index contributed by atoms with van der Waals surface area (Å²) in [7, 11) is 0. The Balaban J connectivity index is 1.54. The maximum atomic E-state index is 12.4. The van der Waals surface area contributed by atoms with Gasteiger partial charge in [0.05, 0.1) is 12.1 Å². The standard InChI is InChI=1S/C21H23N3O2/c25-19(11-10-17-7-6-14-22-15-17)23-16-20(26)24-21(12-4-5-13-21)18-8-2-1-3-9-18/h1-3,6-11,14-15H,4-5,12-13,16H2,(H,23,25)(H,24,26)/b11-10+. The van der Waals surface area contributed by atoms with Crippen molar-refractivity contribution in [1.82, 2.24) is 15.6 Å². The Morgan fingerprint density at radius 3 is 2.54 bits per heavy atom. The van der Waals surface area contributed by atoms with Gasteiger partial charge in [-0.3, -0.25) is 14.6 Å². The van der Waals surface area contributed by atoms with Crippen molar-refractivity contribution in [3.8, 4) is 0 Å². The number of hydrogen-bond acceptors (Lipinski definition) is 3. The van der Waals surface area contributed by atoms with Crippen LogP contribution in [-0.2, 0) is 15.1 Å². The lowest BCUT2D eigenvalue weighted by Crippen LogP contribution is -2.47. The maximum absolute atomic E-state index is 12.4. The van der Waals surface area contributed by atoms with Crippen LogP contribution in [0.3, 0.4) is 0 Å². The van der Waals surface area contributed by atoms with Crippen LogP contribution in [0, 0.1) is 0 Å². The van der Waals surface area contributed by atoms with Gasteiger partial charge < -0.3 is 10.6 Å². The molecule has 1 aliphatic carbocycles. The minimum Gasteiger partial charge on any atom is -0.345 e. The van der Waals surface area contributed by atoms with Crippen molar-refractivity contribution in [1.29, 1.82) is 0 Å². The van der Waals surface area contributed by atoms with E-state index >= 15 is 0 Å². The van der Waals surface area contributed by atoms with E-state index in [0.29, 0.717) is 0 Å². The van der Waals surface area contributed by atoms with Gasteiger partial charge in [0.2, 0.25) is 11.8 Å². The van der Waals surface area contributed by atoms with Crippen LogP contribution >= 0.6 is 0 Å². The first kappa shape index (κ1) is 17.9. The third kappa shape index (κ3) is 4.57. The molecule has 0 spiro atoms. The molecule has 1 fully saturated rings. The topological polar surface area (TPSA) is 71.1 Å². The molecule has 0 unspecified atom stereocenters. The molecule has 1 aliphatic rings. The lowest BCUT2D eigenvalue weighted by molar-refractivity contribution is -0.125. The summed E-state index contributed by atoms with van der Waals surface area (Å²) in [4.78, 5) is 28.3. The van der Waals surface area contributed by atoms with Crippen LogP contribution in [0.5, 0.6) is 0 Å². The smallest absolute Gasteiger partial charge is 0.244 e. The fourth-order valence-corrected chi connectivity index (χ4v) is 3.41. The summed E-state index contributed by atoms with van der Waals surface area (Å²) < 4.78 is 0. The zero-order valence-corrected chi connectivity index (χ0v) is 14.7. The number of nitrogens with zero attached hydrogens (tertiary/aromatic N) is 1. The number of rotatable bonds is 6. The van der Waals surface area contributed by atoms with Gasteiger partial charge in [-0.15, -0.1) is 0 Å². The molecule has 0 bridgehead atoms. The molecule has 0 atom stereocenters. The van der Waals surface area contributed by atoms with Crippen LogP contribution in [0.2, 0.25) is 0 Å².